The zero-order chi connectivity index (χ0) is 14.1. The van der Waals surface area contributed by atoms with Crippen LogP contribution in [0.2, 0.25) is 0 Å². The summed E-state index contributed by atoms with van der Waals surface area (Å²) in [4.78, 5) is 1.00. The molecule has 0 unspecified atom stereocenters. The predicted molar refractivity (Wildman–Crippen MR) is 77.5 cm³/mol. The molecule has 0 N–H and O–H groups in total. The molecule has 0 amide bonds. The van der Waals surface area contributed by atoms with Crippen LogP contribution in [0.1, 0.15) is 18.7 Å². The first kappa shape index (κ1) is 15.3. The van der Waals surface area contributed by atoms with Gasteiger partial charge in [0.05, 0.1) is 12.2 Å². The Morgan fingerprint density at radius 3 is 2.84 bits per heavy atom. The molecule has 0 aliphatic carbocycles. The topological polar surface area (TPSA) is 46.6 Å². The van der Waals surface area contributed by atoms with E-state index >= 15 is 0 Å². The Bertz CT molecular complexity index is 539. The highest BCUT2D eigenvalue weighted by atomic mass is 35.5. The van der Waals surface area contributed by atoms with Crippen LogP contribution in [-0.2, 0) is 21.2 Å². The number of alkyl halides is 1. The third-order valence-corrected chi connectivity index (χ3v) is 6.61. The van der Waals surface area contributed by atoms with Crippen molar-refractivity contribution >= 4 is 33.0 Å². The first-order valence-corrected chi connectivity index (χ1v) is 8.93. The van der Waals surface area contributed by atoms with E-state index in [-0.39, 0.29) is 0 Å². The lowest BCUT2D eigenvalue weighted by Crippen LogP contribution is -2.50. The minimum atomic E-state index is -3.40. The molecule has 1 aromatic heterocycles. The smallest absolute Gasteiger partial charge is 0.252 e. The van der Waals surface area contributed by atoms with Crippen molar-refractivity contribution in [2.24, 2.45) is 0 Å². The molecule has 1 aromatic rings. The van der Waals surface area contributed by atoms with Crippen LogP contribution in [-0.4, -0.2) is 43.9 Å². The van der Waals surface area contributed by atoms with Crippen molar-refractivity contribution in [3.05, 3.63) is 17.0 Å². The highest BCUT2D eigenvalue weighted by Gasteiger charge is 2.35. The summed E-state index contributed by atoms with van der Waals surface area (Å²) in [6, 6.07) is 3.51. The molecular weight excluding hydrogens is 306 g/mol. The van der Waals surface area contributed by atoms with Gasteiger partial charge in [-0.15, -0.1) is 22.9 Å². The van der Waals surface area contributed by atoms with E-state index in [0.717, 1.165) is 4.88 Å². The van der Waals surface area contributed by atoms with E-state index in [2.05, 4.69) is 0 Å². The van der Waals surface area contributed by atoms with Crippen molar-refractivity contribution in [3.63, 3.8) is 0 Å². The zero-order valence-electron chi connectivity index (χ0n) is 11.1. The van der Waals surface area contributed by atoms with Gasteiger partial charge in [-0.25, -0.2) is 8.42 Å². The zero-order valence-corrected chi connectivity index (χ0v) is 13.4. The van der Waals surface area contributed by atoms with Gasteiger partial charge in [0.25, 0.3) is 10.0 Å². The molecule has 0 atom stereocenters. The number of hydrogen-bond acceptors (Lipinski definition) is 4. The Morgan fingerprint density at radius 2 is 2.21 bits per heavy atom. The molecule has 1 fully saturated rings. The van der Waals surface area contributed by atoms with E-state index in [1.54, 1.807) is 6.07 Å². The minimum absolute atomic E-state index is 0.387. The normalized spacial score (nSPS) is 20.6. The van der Waals surface area contributed by atoms with Gasteiger partial charge >= 0.3 is 0 Å². The second-order valence-corrected chi connectivity index (χ2v) is 8.82. The molecule has 2 rings (SSSR count). The summed E-state index contributed by atoms with van der Waals surface area (Å²) < 4.78 is 32.5. The standard InChI is InChI=1S/C12H18ClNO3S2/c1-12(2)9-14(7-8-17-12)19(15,16)11-4-3-10(18-11)5-6-13/h3-4H,5-9H2,1-2H3. The maximum Gasteiger partial charge on any atom is 0.252 e. The third kappa shape index (κ3) is 3.49. The average Bonchev–Trinajstić information content (AvgIpc) is 2.77. The number of thiophene rings is 1. The van der Waals surface area contributed by atoms with Gasteiger partial charge < -0.3 is 4.74 Å². The SMILES string of the molecule is CC1(C)CN(S(=O)(=O)c2ccc(CCCl)s2)CCO1. The fraction of sp³-hybridized carbons (Fsp3) is 0.667. The number of morpholine rings is 1. The van der Waals surface area contributed by atoms with E-state index in [1.807, 2.05) is 19.9 Å². The molecule has 0 saturated carbocycles. The van der Waals surface area contributed by atoms with E-state index in [9.17, 15) is 8.42 Å². The van der Waals surface area contributed by atoms with Crippen LogP contribution in [0.25, 0.3) is 0 Å². The van der Waals surface area contributed by atoms with Crippen LogP contribution < -0.4 is 0 Å². The molecule has 0 aromatic carbocycles. The van der Waals surface area contributed by atoms with Crippen LogP contribution in [0, 0.1) is 0 Å². The predicted octanol–water partition coefficient (Wildman–Crippen LogP) is 2.33. The van der Waals surface area contributed by atoms with Crippen molar-refractivity contribution in [1.29, 1.82) is 0 Å². The van der Waals surface area contributed by atoms with Crippen LogP contribution in [0.4, 0.5) is 0 Å². The molecule has 108 valence electrons. The van der Waals surface area contributed by atoms with Crippen molar-refractivity contribution in [2.45, 2.75) is 30.1 Å². The van der Waals surface area contributed by atoms with Gasteiger partial charge in [0.2, 0.25) is 0 Å². The highest BCUT2D eigenvalue weighted by molar-refractivity contribution is 7.91. The lowest BCUT2D eigenvalue weighted by Gasteiger charge is -2.37. The van der Waals surface area contributed by atoms with E-state index in [1.165, 1.54) is 15.6 Å². The summed E-state index contributed by atoms with van der Waals surface area (Å²) in [5.41, 5.74) is -0.429. The second kappa shape index (κ2) is 5.69. The van der Waals surface area contributed by atoms with Gasteiger partial charge in [-0.1, -0.05) is 0 Å². The molecule has 0 spiro atoms. The van der Waals surface area contributed by atoms with Crippen molar-refractivity contribution < 1.29 is 13.2 Å². The summed E-state index contributed by atoms with van der Waals surface area (Å²) in [5.74, 6) is 0.505. The lowest BCUT2D eigenvalue weighted by atomic mass is 10.1. The molecule has 19 heavy (non-hydrogen) atoms. The second-order valence-electron chi connectivity index (χ2n) is 5.11. The molecule has 0 radical (unpaired) electrons. The van der Waals surface area contributed by atoms with Crippen LogP contribution in [0.5, 0.6) is 0 Å². The molecule has 0 bridgehead atoms. The van der Waals surface area contributed by atoms with Gasteiger partial charge in [-0.2, -0.15) is 4.31 Å². The monoisotopic (exact) mass is 323 g/mol. The summed E-state index contributed by atoms with van der Waals surface area (Å²) in [6.07, 6.45) is 0.705. The third-order valence-electron chi connectivity index (χ3n) is 2.96. The fourth-order valence-corrected chi connectivity index (χ4v) is 5.43. The highest BCUT2D eigenvalue weighted by Crippen LogP contribution is 2.28. The number of ether oxygens (including phenoxy) is 1. The minimum Gasteiger partial charge on any atom is -0.373 e. The van der Waals surface area contributed by atoms with E-state index in [0.29, 0.717) is 36.2 Å². The summed E-state index contributed by atoms with van der Waals surface area (Å²) in [6.45, 7) is 5.04. The number of hydrogen-bond donors (Lipinski definition) is 0. The van der Waals surface area contributed by atoms with Crippen molar-refractivity contribution in [1.82, 2.24) is 4.31 Å². The van der Waals surface area contributed by atoms with Crippen molar-refractivity contribution in [2.75, 3.05) is 25.6 Å². The van der Waals surface area contributed by atoms with Gasteiger partial charge in [0.15, 0.2) is 0 Å². The van der Waals surface area contributed by atoms with Gasteiger partial charge in [0, 0.05) is 23.8 Å². The van der Waals surface area contributed by atoms with Crippen LogP contribution in [0.15, 0.2) is 16.3 Å². The van der Waals surface area contributed by atoms with Crippen LogP contribution >= 0.6 is 22.9 Å². The maximum absolute atomic E-state index is 12.5. The number of nitrogens with zero attached hydrogens (tertiary/aromatic N) is 1. The molecule has 4 nitrogen and oxygen atoms in total. The molecule has 7 heteroatoms. The number of halogens is 1. The summed E-state index contributed by atoms with van der Waals surface area (Å²) in [5, 5.41) is 0. The quantitative estimate of drug-likeness (QED) is 0.799. The number of rotatable bonds is 4. The Kier molecular flexibility index (Phi) is 4.57. The molecular formula is C12H18ClNO3S2. The van der Waals surface area contributed by atoms with E-state index in [4.69, 9.17) is 16.3 Å². The first-order valence-electron chi connectivity index (χ1n) is 6.14. The fourth-order valence-electron chi connectivity index (χ4n) is 2.03. The molecule has 1 aliphatic rings. The Morgan fingerprint density at radius 1 is 1.47 bits per heavy atom. The Labute approximate surface area is 123 Å². The van der Waals surface area contributed by atoms with E-state index < -0.39 is 15.6 Å². The summed E-state index contributed by atoms with van der Waals surface area (Å²) in [7, 11) is -3.40. The lowest BCUT2D eigenvalue weighted by molar-refractivity contribution is -0.0639. The summed E-state index contributed by atoms with van der Waals surface area (Å²) >= 11 is 6.98. The molecule has 1 aliphatic heterocycles. The Balaban J connectivity index is 2.21. The number of aryl methyl sites for hydroxylation is 1. The van der Waals surface area contributed by atoms with Gasteiger partial charge in [-0.05, 0) is 32.4 Å². The Hall–Kier alpha value is -0.140. The molecule has 1 saturated heterocycles. The van der Waals surface area contributed by atoms with Gasteiger partial charge in [0.1, 0.15) is 4.21 Å². The van der Waals surface area contributed by atoms with Gasteiger partial charge in [-0.3, -0.25) is 0 Å². The first-order chi connectivity index (χ1) is 8.85. The average molecular weight is 324 g/mol. The van der Waals surface area contributed by atoms with Crippen LogP contribution in [0.3, 0.4) is 0 Å². The largest absolute Gasteiger partial charge is 0.373 e. The number of sulfonamides is 1. The maximum atomic E-state index is 12.5. The molecule has 2 heterocycles. The van der Waals surface area contributed by atoms with Crippen molar-refractivity contribution in [3.8, 4) is 0 Å².